The predicted molar refractivity (Wildman–Crippen MR) is 140 cm³/mol. The summed E-state index contributed by atoms with van der Waals surface area (Å²) in [6.45, 7) is 5.10. The van der Waals surface area contributed by atoms with E-state index in [-0.39, 0.29) is 23.3 Å². The van der Waals surface area contributed by atoms with Crippen molar-refractivity contribution in [2.45, 2.75) is 70.8 Å². The number of carbonyl (C=O) groups is 3. The summed E-state index contributed by atoms with van der Waals surface area (Å²) in [6, 6.07) is 9.85. The van der Waals surface area contributed by atoms with E-state index in [4.69, 9.17) is 28.4 Å². The minimum Gasteiger partial charge on any atom is -0.493 e. The molecule has 0 radical (unpaired) electrons. The van der Waals surface area contributed by atoms with Crippen molar-refractivity contribution < 1.29 is 42.8 Å². The Morgan fingerprint density at radius 1 is 1.15 bits per heavy atom. The molecule has 1 aliphatic rings. The molecule has 2 heterocycles. The maximum Gasteiger partial charge on any atom is 0.329 e. The van der Waals surface area contributed by atoms with E-state index in [0.29, 0.717) is 31.6 Å². The van der Waals surface area contributed by atoms with E-state index in [1.54, 1.807) is 6.92 Å². The number of para-hydroxylation sites is 1. The van der Waals surface area contributed by atoms with Crippen LogP contribution in [0.3, 0.4) is 0 Å². The third-order valence-electron chi connectivity index (χ3n) is 6.02. The van der Waals surface area contributed by atoms with E-state index < -0.39 is 42.9 Å². The predicted octanol–water partition coefficient (Wildman–Crippen LogP) is 3.45. The minimum absolute atomic E-state index is 0.0205. The fourth-order valence-corrected chi connectivity index (χ4v) is 4.14. The fraction of sp³-hybridized carbons (Fsp3) is 0.500. The van der Waals surface area contributed by atoms with Crippen LogP contribution >= 0.6 is 0 Å². The molecule has 39 heavy (non-hydrogen) atoms. The summed E-state index contributed by atoms with van der Waals surface area (Å²) in [5.74, 6) is -0.986. The number of hydrogen-bond donors (Lipinski definition) is 1. The number of carbonyl (C=O) groups excluding carboxylic acids is 3. The molecule has 1 aliphatic heterocycles. The van der Waals surface area contributed by atoms with Gasteiger partial charge in [-0.1, -0.05) is 25.1 Å². The monoisotopic (exact) mass is 544 g/mol. The highest BCUT2D eigenvalue weighted by Crippen LogP contribution is 2.30. The van der Waals surface area contributed by atoms with E-state index in [9.17, 15) is 14.4 Å². The second kappa shape index (κ2) is 14.9. The van der Waals surface area contributed by atoms with Gasteiger partial charge in [-0.05, 0) is 44.7 Å². The number of ether oxygens (including phenoxy) is 6. The van der Waals surface area contributed by atoms with Crippen LogP contribution in [-0.2, 0) is 23.8 Å². The Bertz CT molecular complexity index is 1100. The van der Waals surface area contributed by atoms with E-state index in [1.807, 2.05) is 37.3 Å². The van der Waals surface area contributed by atoms with Crippen LogP contribution in [0.4, 0.5) is 0 Å². The van der Waals surface area contributed by atoms with Crippen molar-refractivity contribution in [1.29, 1.82) is 0 Å². The molecule has 0 saturated carbocycles. The van der Waals surface area contributed by atoms with Gasteiger partial charge >= 0.3 is 11.9 Å². The zero-order chi connectivity index (χ0) is 28.2. The van der Waals surface area contributed by atoms with Gasteiger partial charge in [-0.25, -0.2) is 9.78 Å². The average molecular weight is 545 g/mol. The molecule has 1 aromatic carbocycles. The second-order valence-electron chi connectivity index (χ2n) is 8.99. The summed E-state index contributed by atoms with van der Waals surface area (Å²) in [5, 5.41) is 2.71. The van der Waals surface area contributed by atoms with E-state index >= 15 is 0 Å². The largest absolute Gasteiger partial charge is 0.493 e. The van der Waals surface area contributed by atoms with Crippen LogP contribution in [-0.4, -0.2) is 67.7 Å². The molecule has 0 aliphatic carbocycles. The van der Waals surface area contributed by atoms with Gasteiger partial charge < -0.3 is 33.7 Å². The maximum atomic E-state index is 13.2. The first-order valence-corrected chi connectivity index (χ1v) is 13.0. The van der Waals surface area contributed by atoms with Crippen molar-refractivity contribution in [2.75, 3.05) is 20.5 Å². The standard InChI is InChI=1S/C28H36N2O9/c1-5-16-35-23-13-9-12-21(28(33)38-18(2)25(23)39-20-10-7-6-8-11-20)30-27(32)24-26(37-17-36-19(3)31)22(34-4)14-15-29-24/h6-8,10-11,14-15,18,21,23,25H,5,9,12-13,16-17H2,1-4H3,(H,30,32). The Hall–Kier alpha value is -3.86. The molecule has 0 spiro atoms. The van der Waals surface area contributed by atoms with Gasteiger partial charge in [-0.3, -0.25) is 9.59 Å². The van der Waals surface area contributed by atoms with Gasteiger partial charge in [0.2, 0.25) is 6.79 Å². The lowest BCUT2D eigenvalue weighted by Gasteiger charge is -2.31. The first kappa shape index (κ1) is 29.7. The summed E-state index contributed by atoms with van der Waals surface area (Å²) in [7, 11) is 1.40. The Morgan fingerprint density at radius 3 is 2.62 bits per heavy atom. The van der Waals surface area contributed by atoms with Crippen molar-refractivity contribution in [3.05, 3.63) is 48.3 Å². The normalized spacial score (nSPS) is 21.4. The minimum atomic E-state index is -0.948. The van der Waals surface area contributed by atoms with Crippen LogP contribution in [0.2, 0.25) is 0 Å². The van der Waals surface area contributed by atoms with Gasteiger partial charge in [-0.15, -0.1) is 0 Å². The highest BCUT2D eigenvalue weighted by Gasteiger charge is 2.37. The fourth-order valence-electron chi connectivity index (χ4n) is 4.14. The lowest BCUT2D eigenvalue weighted by Crippen LogP contribution is -2.46. The number of hydrogen-bond acceptors (Lipinski definition) is 10. The maximum absolute atomic E-state index is 13.2. The zero-order valence-corrected chi connectivity index (χ0v) is 22.7. The highest BCUT2D eigenvalue weighted by molar-refractivity contribution is 5.98. The molecule has 0 bridgehead atoms. The van der Waals surface area contributed by atoms with Gasteiger partial charge in [0, 0.05) is 25.8 Å². The molecular weight excluding hydrogens is 508 g/mol. The number of methoxy groups -OCH3 is 1. The van der Waals surface area contributed by atoms with Gasteiger partial charge in [0.15, 0.2) is 23.3 Å². The number of nitrogens with zero attached hydrogens (tertiary/aromatic N) is 1. The first-order chi connectivity index (χ1) is 18.8. The Kier molecular flexibility index (Phi) is 11.4. The van der Waals surface area contributed by atoms with Crippen molar-refractivity contribution in [3.63, 3.8) is 0 Å². The van der Waals surface area contributed by atoms with Crippen LogP contribution in [0, 0.1) is 0 Å². The molecule has 1 N–H and O–H groups in total. The molecule has 11 heteroatoms. The Balaban J connectivity index is 1.78. The van der Waals surface area contributed by atoms with Crippen molar-refractivity contribution in [2.24, 2.45) is 0 Å². The second-order valence-corrected chi connectivity index (χ2v) is 8.99. The Labute approximate surface area is 228 Å². The van der Waals surface area contributed by atoms with Crippen molar-refractivity contribution in [3.8, 4) is 17.2 Å². The van der Waals surface area contributed by atoms with Gasteiger partial charge in [0.1, 0.15) is 17.9 Å². The Morgan fingerprint density at radius 2 is 1.92 bits per heavy atom. The van der Waals surface area contributed by atoms with Crippen LogP contribution in [0.5, 0.6) is 17.2 Å². The average Bonchev–Trinajstić information content (AvgIpc) is 2.97. The summed E-state index contributed by atoms with van der Waals surface area (Å²) in [4.78, 5) is 41.7. The van der Waals surface area contributed by atoms with Crippen LogP contribution in [0.1, 0.15) is 56.9 Å². The number of nitrogens with one attached hydrogen (secondary N) is 1. The van der Waals surface area contributed by atoms with E-state index in [2.05, 4.69) is 10.3 Å². The topological polar surface area (TPSA) is 132 Å². The first-order valence-electron chi connectivity index (χ1n) is 13.0. The lowest BCUT2D eigenvalue weighted by atomic mass is 10.0. The number of benzene rings is 1. The smallest absolute Gasteiger partial charge is 0.329 e. The molecule has 3 rings (SSSR count). The number of rotatable bonds is 11. The van der Waals surface area contributed by atoms with Crippen molar-refractivity contribution in [1.82, 2.24) is 10.3 Å². The summed E-state index contributed by atoms with van der Waals surface area (Å²) in [6.07, 6.45) is 2.16. The summed E-state index contributed by atoms with van der Waals surface area (Å²) in [5.41, 5.74) is -0.128. The lowest BCUT2D eigenvalue weighted by molar-refractivity contribution is -0.159. The molecular formula is C28H36N2O9. The molecule has 1 aromatic heterocycles. The molecule has 212 valence electrons. The molecule has 1 amide bonds. The quantitative estimate of drug-likeness (QED) is 0.331. The van der Waals surface area contributed by atoms with Gasteiger partial charge in [0.25, 0.3) is 5.91 Å². The number of esters is 2. The number of pyridine rings is 1. The zero-order valence-electron chi connectivity index (χ0n) is 22.7. The van der Waals surface area contributed by atoms with Crippen LogP contribution in [0.25, 0.3) is 0 Å². The SMILES string of the molecule is CCCOC1CCCC(NC(=O)c2nccc(OC)c2OCOC(C)=O)C(=O)OC(C)C1Oc1ccccc1. The highest BCUT2D eigenvalue weighted by atomic mass is 16.7. The molecule has 1 fully saturated rings. The molecule has 4 unspecified atom stereocenters. The molecule has 2 aromatic rings. The summed E-state index contributed by atoms with van der Waals surface area (Å²) >= 11 is 0. The van der Waals surface area contributed by atoms with Gasteiger partial charge in [-0.2, -0.15) is 0 Å². The van der Waals surface area contributed by atoms with Crippen LogP contribution in [0.15, 0.2) is 42.6 Å². The number of amides is 1. The number of cyclic esters (lactones) is 1. The molecule has 4 atom stereocenters. The third-order valence-corrected chi connectivity index (χ3v) is 6.02. The van der Waals surface area contributed by atoms with Crippen molar-refractivity contribution >= 4 is 17.8 Å². The van der Waals surface area contributed by atoms with E-state index in [1.165, 1.54) is 26.3 Å². The van der Waals surface area contributed by atoms with Crippen LogP contribution < -0.4 is 19.5 Å². The van der Waals surface area contributed by atoms with Gasteiger partial charge in [0.05, 0.1) is 13.2 Å². The molecule has 11 nitrogen and oxygen atoms in total. The van der Waals surface area contributed by atoms with E-state index in [0.717, 1.165) is 6.42 Å². The summed E-state index contributed by atoms with van der Waals surface area (Å²) < 4.78 is 33.7. The third kappa shape index (κ3) is 8.57. The number of aromatic nitrogens is 1. The molecule has 1 saturated heterocycles.